The molecule has 0 N–H and O–H groups in total. The fraction of sp³-hybridized carbons (Fsp3) is 0.0556. The quantitative estimate of drug-likeness (QED) is 0.430. The number of rotatable bonds is 3. The Morgan fingerprint density at radius 1 is 1.24 bits per heavy atom. The van der Waals surface area contributed by atoms with Gasteiger partial charge >= 0.3 is 5.91 Å². The van der Waals surface area contributed by atoms with E-state index >= 15 is 0 Å². The highest BCUT2D eigenvalue weighted by Crippen LogP contribution is 2.24. The van der Waals surface area contributed by atoms with Gasteiger partial charge in [0.15, 0.2) is 9.81 Å². The van der Waals surface area contributed by atoms with Crippen LogP contribution in [-0.4, -0.2) is 15.5 Å². The summed E-state index contributed by atoms with van der Waals surface area (Å²) in [5.74, 6) is -0.315. The van der Waals surface area contributed by atoms with Crippen molar-refractivity contribution < 1.29 is 4.79 Å². The highest BCUT2D eigenvalue weighted by atomic mass is 79.9. The molecule has 0 saturated carbocycles. The first-order chi connectivity index (χ1) is 12.2. The minimum atomic E-state index is -0.315. The Kier molecular flexibility index (Phi) is 4.37. The van der Waals surface area contributed by atoms with Gasteiger partial charge in [-0.25, -0.2) is 4.98 Å². The second kappa shape index (κ2) is 6.67. The van der Waals surface area contributed by atoms with Crippen molar-refractivity contribution in [2.24, 2.45) is 4.99 Å². The summed E-state index contributed by atoms with van der Waals surface area (Å²) in [5, 5.41) is 0.407. The smallest absolute Gasteiger partial charge is 0.308 e. The van der Waals surface area contributed by atoms with Crippen molar-refractivity contribution in [3.8, 4) is 0 Å². The number of carbonyl (C=O) groups is 1. The van der Waals surface area contributed by atoms with Crippen LogP contribution in [0.2, 0.25) is 0 Å². The Morgan fingerprint density at radius 3 is 2.88 bits per heavy atom. The average Bonchev–Trinajstić information content (AvgIpc) is 3.17. The van der Waals surface area contributed by atoms with E-state index in [1.54, 1.807) is 6.08 Å². The molecule has 0 unspecified atom stereocenters. The first-order valence-electron chi connectivity index (χ1n) is 7.50. The number of allylic oxidation sites excluding steroid dienone is 1. The normalized spacial score (nSPS) is 12.1. The molecule has 2 aromatic carbocycles. The number of para-hydroxylation sites is 1. The van der Waals surface area contributed by atoms with Gasteiger partial charge in [0.25, 0.3) is 0 Å². The van der Waals surface area contributed by atoms with Gasteiger partial charge < -0.3 is 4.57 Å². The number of hydrogen-bond donors (Lipinski definition) is 0. The summed E-state index contributed by atoms with van der Waals surface area (Å²) >= 11 is 6.33. The van der Waals surface area contributed by atoms with Gasteiger partial charge in [-0.15, -0.1) is 17.9 Å². The van der Waals surface area contributed by atoms with E-state index in [0.29, 0.717) is 16.4 Å². The zero-order valence-electron chi connectivity index (χ0n) is 13.0. The zero-order chi connectivity index (χ0) is 17.4. The highest BCUT2D eigenvalue weighted by Gasteiger charge is 2.13. The van der Waals surface area contributed by atoms with E-state index in [0.717, 1.165) is 24.9 Å². The van der Waals surface area contributed by atoms with Crippen LogP contribution < -0.4 is 4.80 Å². The molecule has 0 spiro atoms. The minimum Gasteiger partial charge on any atom is -0.312 e. The van der Waals surface area contributed by atoms with E-state index in [1.807, 2.05) is 47.0 Å². The molecule has 0 aliphatic rings. The van der Waals surface area contributed by atoms with Crippen molar-refractivity contribution >= 4 is 64.9 Å². The lowest BCUT2D eigenvalue weighted by molar-refractivity contribution is 0.0997. The number of hydrogen-bond acceptors (Lipinski definition) is 4. The van der Waals surface area contributed by atoms with Crippen molar-refractivity contribution in [2.45, 2.75) is 6.54 Å². The summed E-state index contributed by atoms with van der Waals surface area (Å²) in [5.41, 5.74) is 1.86. The second-order valence-corrected chi connectivity index (χ2v) is 8.26. The highest BCUT2D eigenvalue weighted by molar-refractivity contribution is 9.10. The van der Waals surface area contributed by atoms with Gasteiger partial charge in [0.2, 0.25) is 0 Å². The standard InChI is InChI=1S/C18H12BrN3OS2/c1-2-9-22-13-8-7-11(19)10-15(13)25-18(22)21-16(23)17-20-12-5-3-4-6-14(12)24-17/h2-8,10H,1,9H2. The Morgan fingerprint density at radius 2 is 2.08 bits per heavy atom. The Balaban J connectivity index is 1.85. The molecule has 7 heteroatoms. The second-order valence-electron chi connectivity index (χ2n) is 5.30. The zero-order valence-corrected chi connectivity index (χ0v) is 16.2. The summed E-state index contributed by atoms with van der Waals surface area (Å²) in [6, 6.07) is 13.7. The van der Waals surface area contributed by atoms with Crippen molar-refractivity contribution in [2.75, 3.05) is 0 Å². The summed E-state index contributed by atoms with van der Waals surface area (Å²) in [7, 11) is 0. The molecule has 4 nitrogen and oxygen atoms in total. The number of amides is 1. The van der Waals surface area contributed by atoms with Crippen LogP contribution in [0.1, 0.15) is 9.80 Å². The fourth-order valence-corrected chi connectivity index (χ4v) is 4.98. The van der Waals surface area contributed by atoms with E-state index in [9.17, 15) is 4.79 Å². The van der Waals surface area contributed by atoms with Crippen molar-refractivity contribution in [3.05, 3.63) is 69.4 Å². The maximum atomic E-state index is 12.6. The van der Waals surface area contributed by atoms with Crippen LogP contribution in [0.25, 0.3) is 20.4 Å². The molecule has 124 valence electrons. The van der Waals surface area contributed by atoms with Gasteiger partial charge in [-0.05, 0) is 30.3 Å². The van der Waals surface area contributed by atoms with Gasteiger partial charge in [0, 0.05) is 11.0 Å². The molecule has 0 fully saturated rings. The number of thiazole rings is 2. The topological polar surface area (TPSA) is 47.2 Å². The van der Waals surface area contributed by atoms with Gasteiger partial charge in [0.05, 0.1) is 20.4 Å². The molecule has 4 rings (SSSR count). The lowest BCUT2D eigenvalue weighted by Gasteiger charge is -2.00. The monoisotopic (exact) mass is 429 g/mol. The van der Waals surface area contributed by atoms with Gasteiger partial charge in [-0.2, -0.15) is 4.99 Å². The summed E-state index contributed by atoms with van der Waals surface area (Å²) in [6.45, 7) is 4.40. The number of carbonyl (C=O) groups excluding carboxylic acids is 1. The van der Waals surface area contributed by atoms with Crippen LogP contribution in [-0.2, 0) is 6.54 Å². The third-order valence-corrected chi connectivity index (χ3v) is 6.19. The molecule has 25 heavy (non-hydrogen) atoms. The molecular weight excluding hydrogens is 418 g/mol. The third-order valence-electron chi connectivity index (χ3n) is 3.63. The van der Waals surface area contributed by atoms with Crippen molar-refractivity contribution in [3.63, 3.8) is 0 Å². The molecule has 1 amide bonds. The van der Waals surface area contributed by atoms with Crippen LogP contribution in [0.5, 0.6) is 0 Å². The first-order valence-corrected chi connectivity index (χ1v) is 9.93. The Hall–Kier alpha value is -2.09. The van der Waals surface area contributed by atoms with Crippen LogP contribution in [0.3, 0.4) is 0 Å². The van der Waals surface area contributed by atoms with E-state index in [1.165, 1.54) is 22.7 Å². The SMILES string of the molecule is C=CCn1c(=NC(=O)c2nc3ccccc3s2)sc2cc(Br)ccc21. The van der Waals surface area contributed by atoms with Gasteiger partial charge in [-0.1, -0.05) is 45.5 Å². The largest absolute Gasteiger partial charge is 0.312 e. The predicted molar refractivity (Wildman–Crippen MR) is 107 cm³/mol. The van der Waals surface area contributed by atoms with E-state index < -0.39 is 0 Å². The molecule has 0 atom stereocenters. The van der Waals surface area contributed by atoms with Crippen LogP contribution in [0, 0.1) is 0 Å². The number of benzene rings is 2. The number of nitrogens with zero attached hydrogens (tertiary/aromatic N) is 3. The molecule has 2 aromatic heterocycles. The van der Waals surface area contributed by atoms with Crippen molar-refractivity contribution in [1.82, 2.24) is 9.55 Å². The summed E-state index contributed by atoms with van der Waals surface area (Å²) < 4.78 is 5.04. The van der Waals surface area contributed by atoms with E-state index in [4.69, 9.17) is 0 Å². The molecule has 0 bridgehead atoms. The first kappa shape index (κ1) is 16.4. The lowest BCUT2D eigenvalue weighted by Crippen LogP contribution is -2.16. The maximum Gasteiger partial charge on any atom is 0.308 e. The molecule has 0 aliphatic carbocycles. The molecule has 0 aliphatic heterocycles. The summed E-state index contributed by atoms with van der Waals surface area (Å²) in [4.78, 5) is 22.0. The van der Waals surface area contributed by atoms with Crippen molar-refractivity contribution in [1.29, 1.82) is 0 Å². The predicted octanol–water partition coefficient (Wildman–Crippen LogP) is 5.00. The van der Waals surface area contributed by atoms with Crippen LogP contribution in [0.15, 0.2) is 64.6 Å². The molecule has 2 heterocycles. The lowest BCUT2D eigenvalue weighted by atomic mass is 10.3. The fourth-order valence-electron chi connectivity index (χ4n) is 2.54. The summed E-state index contributed by atoms with van der Waals surface area (Å²) in [6.07, 6.45) is 1.80. The van der Waals surface area contributed by atoms with Crippen LogP contribution in [0.4, 0.5) is 0 Å². The molecule has 4 aromatic rings. The maximum absolute atomic E-state index is 12.6. The minimum absolute atomic E-state index is 0.315. The van der Waals surface area contributed by atoms with Crippen LogP contribution >= 0.6 is 38.6 Å². The Labute approximate surface area is 159 Å². The molecule has 0 saturated heterocycles. The third kappa shape index (κ3) is 3.10. The van der Waals surface area contributed by atoms with Gasteiger partial charge in [0.1, 0.15) is 0 Å². The average molecular weight is 430 g/mol. The number of halogens is 1. The van der Waals surface area contributed by atoms with Gasteiger partial charge in [-0.3, -0.25) is 4.79 Å². The number of fused-ring (bicyclic) bond motifs is 2. The van der Waals surface area contributed by atoms with E-state index in [2.05, 4.69) is 32.5 Å². The molecular formula is C18H12BrN3OS2. The Bertz CT molecular complexity index is 1150. The van der Waals surface area contributed by atoms with E-state index in [-0.39, 0.29) is 5.91 Å². The molecule has 0 radical (unpaired) electrons. The number of aromatic nitrogens is 2.